The predicted molar refractivity (Wildman–Crippen MR) is 76.3 cm³/mol. The monoisotopic (exact) mass is 325 g/mol. The summed E-state index contributed by atoms with van der Waals surface area (Å²) < 4.78 is 44.6. The first-order valence-electron chi connectivity index (χ1n) is 6.12. The Labute approximate surface area is 129 Å². The summed E-state index contributed by atoms with van der Waals surface area (Å²) in [7, 11) is 0. The van der Waals surface area contributed by atoms with Crippen molar-refractivity contribution in [3.8, 4) is 0 Å². The predicted octanol–water partition coefficient (Wildman–Crippen LogP) is 4.08. The van der Waals surface area contributed by atoms with Crippen LogP contribution in [-0.4, -0.2) is 6.08 Å². The number of isocyanates is 1. The van der Waals surface area contributed by atoms with Gasteiger partial charge in [0.15, 0.2) is 11.6 Å². The van der Waals surface area contributed by atoms with Crippen molar-refractivity contribution in [1.29, 1.82) is 0 Å². The van der Waals surface area contributed by atoms with Gasteiger partial charge in [0, 0.05) is 22.1 Å². The van der Waals surface area contributed by atoms with E-state index in [1.54, 1.807) is 18.2 Å². The Balaban J connectivity index is 2.10. The third-order valence-electron chi connectivity index (χ3n) is 2.83. The van der Waals surface area contributed by atoms with E-state index in [-0.39, 0.29) is 18.8 Å². The second kappa shape index (κ2) is 7.26. The van der Waals surface area contributed by atoms with Crippen molar-refractivity contribution in [3.05, 3.63) is 58.9 Å². The molecule has 0 saturated heterocycles. The molecule has 0 aliphatic carbocycles. The average molecular weight is 325 g/mol. The number of ether oxygens (including phenoxy) is 1. The molecule has 22 heavy (non-hydrogen) atoms. The van der Waals surface area contributed by atoms with Crippen LogP contribution in [0.15, 0.2) is 40.2 Å². The lowest BCUT2D eigenvalue weighted by atomic mass is 10.2. The van der Waals surface area contributed by atoms with Gasteiger partial charge in [0.05, 0.1) is 18.9 Å². The van der Waals surface area contributed by atoms with E-state index in [1.807, 2.05) is 0 Å². The Morgan fingerprint density at radius 1 is 1.00 bits per heavy atom. The maximum absolute atomic E-state index is 13.5. The van der Waals surface area contributed by atoms with E-state index in [2.05, 4.69) is 17.6 Å². The number of rotatable bonds is 5. The summed E-state index contributed by atoms with van der Waals surface area (Å²) >= 11 is 4.16. The van der Waals surface area contributed by atoms with Gasteiger partial charge in [-0.3, -0.25) is 0 Å². The number of nitrogens with zero attached hydrogens (tertiary/aromatic N) is 1. The molecule has 7 heteroatoms. The van der Waals surface area contributed by atoms with Crippen LogP contribution in [0.4, 0.5) is 18.9 Å². The highest BCUT2D eigenvalue weighted by molar-refractivity contribution is 7.80. The highest BCUT2D eigenvalue weighted by Gasteiger charge is 2.10. The lowest BCUT2D eigenvalue weighted by Crippen LogP contribution is -2.00. The van der Waals surface area contributed by atoms with Crippen LogP contribution in [-0.2, 0) is 22.7 Å². The molecule has 114 valence electrons. The molecule has 0 aliphatic heterocycles. The molecule has 0 fully saturated rings. The maximum Gasteiger partial charge on any atom is 0.240 e. The molecule has 2 aromatic rings. The molecule has 0 aromatic heterocycles. The van der Waals surface area contributed by atoms with E-state index in [0.29, 0.717) is 22.2 Å². The van der Waals surface area contributed by atoms with Crippen molar-refractivity contribution < 1.29 is 22.7 Å². The minimum Gasteiger partial charge on any atom is -0.372 e. The van der Waals surface area contributed by atoms with Crippen LogP contribution in [0.25, 0.3) is 0 Å². The normalized spacial score (nSPS) is 10.4. The molecule has 0 aliphatic rings. The summed E-state index contributed by atoms with van der Waals surface area (Å²) in [5, 5.41) is 0. The zero-order valence-corrected chi connectivity index (χ0v) is 12.0. The van der Waals surface area contributed by atoms with Crippen molar-refractivity contribution in [2.45, 2.75) is 18.1 Å². The van der Waals surface area contributed by atoms with Gasteiger partial charge in [-0.05, 0) is 24.3 Å². The van der Waals surface area contributed by atoms with E-state index in [0.717, 1.165) is 6.07 Å². The van der Waals surface area contributed by atoms with E-state index >= 15 is 0 Å². The van der Waals surface area contributed by atoms with Crippen molar-refractivity contribution in [2.24, 2.45) is 4.99 Å². The van der Waals surface area contributed by atoms with E-state index in [1.165, 1.54) is 6.08 Å². The second-order valence-corrected chi connectivity index (χ2v) is 4.88. The number of halogens is 3. The van der Waals surface area contributed by atoms with Crippen LogP contribution in [0.2, 0.25) is 0 Å². The minimum absolute atomic E-state index is 0.00660. The fourth-order valence-electron chi connectivity index (χ4n) is 1.79. The zero-order chi connectivity index (χ0) is 16.1. The first-order valence-corrected chi connectivity index (χ1v) is 6.57. The van der Waals surface area contributed by atoms with Crippen molar-refractivity contribution in [1.82, 2.24) is 0 Å². The molecule has 2 rings (SSSR count). The molecule has 0 unspecified atom stereocenters. The largest absolute Gasteiger partial charge is 0.372 e. The molecule has 0 N–H and O–H groups in total. The smallest absolute Gasteiger partial charge is 0.240 e. The standard InChI is InChI=1S/C15H10F3NO2S/c16-12-5-14(18)13(17)4-9(12)6-21-7-10-3-11(22)1-2-15(10)19-8-20/h1-5,22H,6-7H2. The molecule has 0 radical (unpaired) electrons. The fourth-order valence-corrected chi connectivity index (χ4v) is 2.02. The zero-order valence-electron chi connectivity index (χ0n) is 11.1. The van der Waals surface area contributed by atoms with Gasteiger partial charge in [-0.25, -0.2) is 18.0 Å². The van der Waals surface area contributed by atoms with Gasteiger partial charge in [0.2, 0.25) is 6.08 Å². The third-order valence-corrected chi connectivity index (χ3v) is 3.11. The van der Waals surface area contributed by atoms with E-state index in [9.17, 15) is 18.0 Å². The molecule has 0 saturated carbocycles. The van der Waals surface area contributed by atoms with Gasteiger partial charge >= 0.3 is 0 Å². The average Bonchev–Trinajstić information content (AvgIpc) is 2.47. The molecule has 0 spiro atoms. The highest BCUT2D eigenvalue weighted by atomic mass is 32.1. The Hall–Kier alpha value is -2.08. The van der Waals surface area contributed by atoms with Gasteiger partial charge in [0.1, 0.15) is 5.82 Å². The van der Waals surface area contributed by atoms with Crippen LogP contribution in [0, 0.1) is 17.5 Å². The van der Waals surface area contributed by atoms with Crippen LogP contribution in [0.5, 0.6) is 0 Å². The van der Waals surface area contributed by atoms with Crippen LogP contribution in [0.1, 0.15) is 11.1 Å². The molecular formula is C15H10F3NO2S. The highest BCUT2D eigenvalue weighted by Crippen LogP contribution is 2.23. The molecule has 0 heterocycles. The first-order chi connectivity index (χ1) is 10.5. The molecule has 2 aromatic carbocycles. The fraction of sp³-hybridized carbons (Fsp3) is 0.133. The summed E-state index contributed by atoms with van der Waals surface area (Å²) in [6, 6.07) is 6.03. The SMILES string of the molecule is O=C=Nc1ccc(S)cc1COCc1cc(F)c(F)cc1F. The summed E-state index contributed by atoms with van der Waals surface area (Å²) in [6.45, 7) is -0.266. The summed E-state index contributed by atoms with van der Waals surface area (Å²) in [6.07, 6.45) is 1.42. The number of carbonyl (C=O) groups excluding carboxylic acids is 1. The van der Waals surface area contributed by atoms with Crippen molar-refractivity contribution in [2.75, 3.05) is 0 Å². The Morgan fingerprint density at radius 3 is 2.41 bits per heavy atom. The lowest BCUT2D eigenvalue weighted by molar-refractivity contribution is 0.104. The summed E-state index contributed by atoms with van der Waals surface area (Å²) in [4.78, 5) is 14.5. The van der Waals surface area contributed by atoms with Crippen molar-refractivity contribution >= 4 is 24.4 Å². The first kappa shape index (κ1) is 16.3. The number of hydrogen-bond donors (Lipinski definition) is 1. The molecule has 3 nitrogen and oxygen atoms in total. The molecular weight excluding hydrogens is 315 g/mol. The third kappa shape index (κ3) is 3.98. The second-order valence-electron chi connectivity index (χ2n) is 4.37. The summed E-state index contributed by atoms with van der Waals surface area (Å²) in [5.41, 5.74) is 0.777. The molecule has 0 amide bonds. The van der Waals surface area contributed by atoms with Gasteiger partial charge < -0.3 is 4.74 Å². The minimum atomic E-state index is -1.26. The van der Waals surface area contributed by atoms with Gasteiger partial charge in [-0.15, -0.1) is 12.6 Å². The van der Waals surface area contributed by atoms with Crippen LogP contribution in [0.3, 0.4) is 0 Å². The number of aliphatic imine (C=N–C) groups is 1. The van der Waals surface area contributed by atoms with Crippen molar-refractivity contribution in [3.63, 3.8) is 0 Å². The van der Waals surface area contributed by atoms with Crippen LogP contribution < -0.4 is 0 Å². The molecule has 0 atom stereocenters. The number of benzene rings is 2. The quantitative estimate of drug-likeness (QED) is 0.389. The Morgan fingerprint density at radius 2 is 1.68 bits per heavy atom. The Bertz CT molecular complexity index is 746. The lowest BCUT2D eigenvalue weighted by Gasteiger charge is -2.08. The van der Waals surface area contributed by atoms with E-state index < -0.39 is 17.5 Å². The van der Waals surface area contributed by atoms with Gasteiger partial charge in [-0.1, -0.05) is 0 Å². The number of thiol groups is 1. The topological polar surface area (TPSA) is 38.7 Å². The number of hydrogen-bond acceptors (Lipinski definition) is 4. The Kier molecular flexibility index (Phi) is 5.38. The van der Waals surface area contributed by atoms with Gasteiger partial charge in [-0.2, -0.15) is 4.99 Å². The van der Waals surface area contributed by atoms with E-state index in [4.69, 9.17) is 4.74 Å². The van der Waals surface area contributed by atoms with Gasteiger partial charge in [0.25, 0.3) is 0 Å². The maximum atomic E-state index is 13.5. The van der Waals surface area contributed by atoms with Crippen LogP contribution >= 0.6 is 12.6 Å². The molecule has 0 bridgehead atoms. The summed E-state index contributed by atoms with van der Waals surface area (Å²) in [5.74, 6) is -3.30.